The van der Waals surface area contributed by atoms with Gasteiger partial charge >= 0.3 is 0 Å². The molecule has 186 valence electrons. The number of amides is 2. The molecule has 7 nitrogen and oxygen atoms in total. The molecule has 0 aromatic heterocycles. The molecule has 0 fully saturated rings. The summed E-state index contributed by atoms with van der Waals surface area (Å²) >= 11 is 0. The molecule has 0 aliphatic heterocycles. The van der Waals surface area contributed by atoms with Crippen molar-refractivity contribution >= 4 is 27.5 Å². The van der Waals surface area contributed by atoms with Crippen molar-refractivity contribution in [1.82, 2.24) is 10.2 Å². The van der Waals surface area contributed by atoms with Crippen LogP contribution < -0.4 is 9.62 Å². The Kier molecular flexibility index (Phi) is 10.1. The molecular formula is C26H37N3O4S. The van der Waals surface area contributed by atoms with Gasteiger partial charge in [0.05, 0.1) is 11.9 Å². The monoisotopic (exact) mass is 487 g/mol. The third kappa shape index (κ3) is 7.32. The van der Waals surface area contributed by atoms with Crippen molar-refractivity contribution in [3.8, 4) is 0 Å². The first-order valence-electron chi connectivity index (χ1n) is 11.8. The Balaban J connectivity index is 2.42. The Hall–Kier alpha value is -2.87. The molecule has 1 N–H and O–H groups in total. The third-order valence-electron chi connectivity index (χ3n) is 5.85. The summed E-state index contributed by atoms with van der Waals surface area (Å²) in [6.07, 6.45) is 3.11. The number of nitrogens with zero attached hydrogens (tertiary/aromatic N) is 2. The maximum absolute atomic E-state index is 13.6. The number of benzene rings is 2. The quantitative estimate of drug-likeness (QED) is 0.495. The van der Waals surface area contributed by atoms with Crippen LogP contribution in [0.4, 0.5) is 5.69 Å². The van der Waals surface area contributed by atoms with Gasteiger partial charge in [0.25, 0.3) is 0 Å². The molecule has 0 saturated heterocycles. The summed E-state index contributed by atoms with van der Waals surface area (Å²) < 4.78 is 26.4. The number of hydrogen-bond acceptors (Lipinski definition) is 4. The Labute approximate surface area is 204 Å². The fourth-order valence-electron chi connectivity index (χ4n) is 3.77. The van der Waals surface area contributed by atoms with Crippen LogP contribution in [0.2, 0.25) is 0 Å². The highest BCUT2D eigenvalue weighted by Crippen LogP contribution is 2.21. The lowest BCUT2D eigenvalue weighted by atomic mass is 10.1. The predicted molar refractivity (Wildman–Crippen MR) is 137 cm³/mol. The fourth-order valence-corrected chi connectivity index (χ4v) is 4.62. The first-order valence-corrected chi connectivity index (χ1v) is 13.6. The van der Waals surface area contributed by atoms with E-state index in [4.69, 9.17) is 0 Å². The van der Waals surface area contributed by atoms with Crippen molar-refractivity contribution in [3.05, 3.63) is 65.2 Å². The predicted octanol–water partition coefficient (Wildman–Crippen LogP) is 3.66. The van der Waals surface area contributed by atoms with Gasteiger partial charge < -0.3 is 10.2 Å². The van der Waals surface area contributed by atoms with E-state index in [2.05, 4.69) is 5.32 Å². The molecule has 0 heterocycles. The first-order chi connectivity index (χ1) is 16.1. The van der Waals surface area contributed by atoms with Crippen LogP contribution in [0.5, 0.6) is 0 Å². The van der Waals surface area contributed by atoms with Gasteiger partial charge in [-0.3, -0.25) is 13.9 Å². The normalized spacial score (nSPS) is 12.1. The van der Waals surface area contributed by atoms with Crippen molar-refractivity contribution in [2.24, 2.45) is 0 Å². The maximum Gasteiger partial charge on any atom is 0.244 e. The van der Waals surface area contributed by atoms with E-state index in [0.717, 1.165) is 40.1 Å². The molecule has 0 bridgehead atoms. The summed E-state index contributed by atoms with van der Waals surface area (Å²) in [5.74, 6) is -0.656. The molecule has 0 aliphatic carbocycles. The summed E-state index contributed by atoms with van der Waals surface area (Å²) in [6.45, 7) is 8.14. The zero-order chi connectivity index (χ0) is 25.3. The van der Waals surface area contributed by atoms with E-state index in [1.807, 2.05) is 64.1 Å². The summed E-state index contributed by atoms with van der Waals surface area (Å²) in [5.41, 5.74) is 3.41. The van der Waals surface area contributed by atoms with E-state index in [1.165, 1.54) is 4.90 Å². The van der Waals surface area contributed by atoms with Gasteiger partial charge in [0, 0.05) is 13.1 Å². The Morgan fingerprint density at radius 1 is 1.00 bits per heavy atom. The van der Waals surface area contributed by atoms with Crippen molar-refractivity contribution in [2.75, 3.05) is 23.7 Å². The zero-order valence-electron chi connectivity index (χ0n) is 20.9. The Bertz CT molecular complexity index is 1070. The van der Waals surface area contributed by atoms with E-state index < -0.39 is 22.0 Å². The second-order valence-electron chi connectivity index (χ2n) is 8.45. The molecule has 0 radical (unpaired) electrons. The smallest absolute Gasteiger partial charge is 0.244 e. The molecule has 2 aromatic rings. The second-order valence-corrected chi connectivity index (χ2v) is 10.4. The third-order valence-corrected chi connectivity index (χ3v) is 6.99. The number of aryl methyl sites for hydroxylation is 2. The lowest BCUT2D eigenvalue weighted by Gasteiger charge is -2.33. The topological polar surface area (TPSA) is 86.8 Å². The van der Waals surface area contributed by atoms with Crippen LogP contribution >= 0.6 is 0 Å². The van der Waals surface area contributed by atoms with Gasteiger partial charge in [-0.2, -0.15) is 0 Å². The number of anilines is 1. The molecule has 2 amide bonds. The molecule has 1 atom stereocenters. The van der Waals surface area contributed by atoms with Gasteiger partial charge in [0.1, 0.15) is 12.6 Å². The van der Waals surface area contributed by atoms with Crippen molar-refractivity contribution in [1.29, 1.82) is 0 Å². The number of nitrogens with one attached hydrogen (secondary N) is 1. The number of rotatable bonds is 12. The molecular weight excluding hydrogens is 450 g/mol. The van der Waals surface area contributed by atoms with Crippen LogP contribution in [0.1, 0.15) is 50.3 Å². The van der Waals surface area contributed by atoms with Crippen molar-refractivity contribution < 1.29 is 18.0 Å². The summed E-state index contributed by atoms with van der Waals surface area (Å²) in [6, 6.07) is 14.1. The van der Waals surface area contributed by atoms with Crippen LogP contribution in [-0.4, -0.2) is 50.5 Å². The Morgan fingerprint density at radius 3 is 2.18 bits per heavy atom. The first kappa shape index (κ1) is 27.4. The minimum atomic E-state index is -3.73. The summed E-state index contributed by atoms with van der Waals surface area (Å²) in [7, 11) is -3.73. The molecule has 0 aliphatic rings. The standard InChI is InChI=1S/C26H37N3O4S/c1-6-17-27-26(31)24(8-3)28(18-22-12-10-9-11-20(22)4)25(30)19-29(34(5,32)33)23-15-13-21(7-2)14-16-23/h9-16,24H,6-8,17-19H2,1-5H3,(H,27,31)/t24-/m0/s1. The van der Waals surface area contributed by atoms with Gasteiger partial charge in [0.2, 0.25) is 21.8 Å². The number of carbonyl (C=O) groups excluding carboxylic acids is 2. The lowest BCUT2D eigenvalue weighted by molar-refractivity contribution is -0.140. The summed E-state index contributed by atoms with van der Waals surface area (Å²) in [5, 5.41) is 2.88. The van der Waals surface area contributed by atoms with Crippen LogP contribution in [0.25, 0.3) is 0 Å². The molecule has 8 heteroatoms. The number of sulfonamides is 1. The van der Waals surface area contributed by atoms with Crippen LogP contribution in [0.3, 0.4) is 0 Å². The van der Waals surface area contributed by atoms with Crippen molar-refractivity contribution in [3.63, 3.8) is 0 Å². The minimum absolute atomic E-state index is 0.218. The lowest BCUT2D eigenvalue weighted by Crippen LogP contribution is -2.52. The van der Waals surface area contributed by atoms with E-state index in [0.29, 0.717) is 18.7 Å². The SMILES string of the molecule is CCCNC(=O)[C@H](CC)N(Cc1ccccc1C)C(=O)CN(c1ccc(CC)cc1)S(C)(=O)=O. The minimum Gasteiger partial charge on any atom is -0.354 e. The average molecular weight is 488 g/mol. The highest BCUT2D eigenvalue weighted by Gasteiger charge is 2.31. The number of hydrogen-bond donors (Lipinski definition) is 1. The van der Waals surface area contributed by atoms with Gasteiger partial charge in [-0.25, -0.2) is 8.42 Å². The van der Waals surface area contributed by atoms with Crippen LogP contribution in [0, 0.1) is 6.92 Å². The molecule has 0 spiro atoms. The number of carbonyl (C=O) groups is 2. The van der Waals surface area contributed by atoms with E-state index in [1.54, 1.807) is 12.1 Å². The van der Waals surface area contributed by atoms with Gasteiger partial charge in [0.15, 0.2) is 0 Å². The second kappa shape index (κ2) is 12.6. The maximum atomic E-state index is 13.6. The molecule has 0 saturated carbocycles. The molecule has 2 aromatic carbocycles. The van der Waals surface area contributed by atoms with E-state index >= 15 is 0 Å². The van der Waals surface area contributed by atoms with Crippen LogP contribution in [0.15, 0.2) is 48.5 Å². The molecule has 0 unspecified atom stereocenters. The highest BCUT2D eigenvalue weighted by molar-refractivity contribution is 7.92. The van der Waals surface area contributed by atoms with Crippen molar-refractivity contribution in [2.45, 2.75) is 59.5 Å². The zero-order valence-corrected chi connectivity index (χ0v) is 21.7. The van der Waals surface area contributed by atoms with Gasteiger partial charge in [-0.05, 0) is 55.0 Å². The van der Waals surface area contributed by atoms with E-state index in [9.17, 15) is 18.0 Å². The molecule has 34 heavy (non-hydrogen) atoms. The largest absolute Gasteiger partial charge is 0.354 e. The van der Waals surface area contributed by atoms with Crippen LogP contribution in [-0.2, 0) is 32.6 Å². The summed E-state index contributed by atoms with van der Waals surface area (Å²) in [4.78, 5) is 28.1. The van der Waals surface area contributed by atoms with E-state index in [-0.39, 0.29) is 19.0 Å². The van der Waals surface area contributed by atoms with Gasteiger partial charge in [-0.15, -0.1) is 0 Å². The van der Waals surface area contributed by atoms with Gasteiger partial charge in [-0.1, -0.05) is 57.2 Å². The highest BCUT2D eigenvalue weighted by atomic mass is 32.2. The average Bonchev–Trinajstić information content (AvgIpc) is 2.81. The fraction of sp³-hybridized carbons (Fsp3) is 0.462. The molecule has 2 rings (SSSR count). The Morgan fingerprint density at radius 2 is 1.65 bits per heavy atom.